The Balaban J connectivity index is 1.81. The maximum absolute atomic E-state index is 12.5. The highest BCUT2D eigenvalue weighted by Gasteiger charge is 2.15. The maximum Gasteiger partial charge on any atom is 0.355 e. The fourth-order valence-corrected chi connectivity index (χ4v) is 2.54. The van der Waals surface area contributed by atoms with Crippen molar-refractivity contribution in [2.75, 3.05) is 0 Å². The number of aliphatic imine (C=N–C) groups is 1. The summed E-state index contributed by atoms with van der Waals surface area (Å²) in [5, 5.41) is 0. The lowest BCUT2D eigenvalue weighted by atomic mass is 10.2. The van der Waals surface area contributed by atoms with Crippen molar-refractivity contribution in [3.05, 3.63) is 89.7 Å². The standard InChI is InChI=1S/C20H18N4O3/c21-20(22)23-18(25)15-8-4-9-16(12-15)24-11-5-10-17(24)19(26)27-13-14-6-2-1-3-7-14/h1-12H,13H2,(H4,21,22,23,25). The second-order valence-corrected chi connectivity index (χ2v) is 5.72. The zero-order valence-corrected chi connectivity index (χ0v) is 14.4. The molecule has 3 rings (SSSR count). The Kier molecular flexibility index (Phi) is 5.32. The fraction of sp³-hybridized carbons (Fsp3) is 0.0500. The van der Waals surface area contributed by atoms with Crippen LogP contribution in [0.4, 0.5) is 0 Å². The summed E-state index contributed by atoms with van der Waals surface area (Å²) in [4.78, 5) is 28.0. The number of guanidine groups is 1. The monoisotopic (exact) mass is 362 g/mol. The van der Waals surface area contributed by atoms with Gasteiger partial charge in [-0.05, 0) is 35.9 Å². The molecule has 1 aromatic heterocycles. The smallest absolute Gasteiger partial charge is 0.355 e. The van der Waals surface area contributed by atoms with Crippen LogP contribution < -0.4 is 11.5 Å². The van der Waals surface area contributed by atoms with Crippen molar-refractivity contribution in [3.63, 3.8) is 0 Å². The van der Waals surface area contributed by atoms with Crippen molar-refractivity contribution in [1.29, 1.82) is 0 Å². The minimum atomic E-state index is -0.558. The van der Waals surface area contributed by atoms with Gasteiger partial charge >= 0.3 is 5.97 Å². The molecule has 0 spiro atoms. The molecule has 0 radical (unpaired) electrons. The third kappa shape index (κ3) is 4.40. The van der Waals surface area contributed by atoms with Crippen LogP contribution in [-0.4, -0.2) is 22.4 Å². The molecule has 2 aromatic carbocycles. The van der Waals surface area contributed by atoms with Crippen molar-refractivity contribution < 1.29 is 14.3 Å². The second kappa shape index (κ2) is 8.01. The van der Waals surface area contributed by atoms with Gasteiger partial charge in [-0.3, -0.25) is 4.79 Å². The van der Waals surface area contributed by atoms with E-state index in [1.807, 2.05) is 30.3 Å². The highest BCUT2D eigenvalue weighted by molar-refractivity contribution is 6.02. The predicted molar refractivity (Wildman–Crippen MR) is 101 cm³/mol. The number of nitrogens with two attached hydrogens (primary N) is 2. The van der Waals surface area contributed by atoms with E-state index in [4.69, 9.17) is 16.2 Å². The molecular formula is C20H18N4O3. The zero-order chi connectivity index (χ0) is 19.2. The average Bonchev–Trinajstić information content (AvgIpc) is 3.16. The zero-order valence-electron chi connectivity index (χ0n) is 14.4. The van der Waals surface area contributed by atoms with Gasteiger partial charge in [0, 0.05) is 17.4 Å². The van der Waals surface area contributed by atoms with E-state index in [-0.39, 0.29) is 12.6 Å². The number of ether oxygens (including phenoxy) is 1. The highest BCUT2D eigenvalue weighted by atomic mass is 16.5. The van der Waals surface area contributed by atoms with Crippen LogP contribution in [0.25, 0.3) is 5.69 Å². The van der Waals surface area contributed by atoms with Gasteiger partial charge in [-0.15, -0.1) is 0 Å². The van der Waals surface area contributed by atoms with Crippen LogP contribution in [0.3, 0.4) is 0 Å². The predicted octanol–water partition coefficient (Wildman–Crippen LogP) is 2.25. The Labute approximate surface area is 155 Å². The molecule has 0 atom stereocenters. The Morgan fingerprint density at radius 3 is 2.48 bits per heavy atom. The van der Waals surface area contributed by atoms with E-state index >= 15 is 0 Å². The molecule has 0 aliphatic carbocycles. The first-order valence-corrected chi connectivity index (χ1v) is 8.17. The third-order valence-electron chi connectivity index (χ3n) is 3.77. The highest BCUT2D eigenvalue weighted by Crippen LogP contribution is 2.17. The van der Waals surface area contributed by atoms with E-state index in [0.29, 0.717) is 16.9 Å². The summed E-state index contributed by atoms with van der Waals surface area (Å²) in [6, 6.07) is 19.4. The van der Waals surface area contributed by atoms with Crippen LogP contribution in [0.5, 0.6) is 0 Å². The molecule has 27 heavy (non-hydrogen) atoms. The number of esters is 1. The van der Waals surface area contributed by atoms with E-state index in [1.54, 1.807) is 47.2 Å². The summed E-state index contributed by atoms with van der Waals surface area (Å²) in [5.74, 6) is -1.33. The van der Waals surface area contributed by atoms with Gasteiger partial charge in [-0.25, -0.2) is 4.79 Å². The number of carbonyl (C=O) groups is 2. The number of hydrogen-bond donors (Lipinski definition) is 2. The number of benzene rings is 2. The molecule has 1 heterocycles. The molecule has 136 valence electrons. The van der Waals surface area contributed by atoms with Crippen LogP contribution in [0, 0.1) is 0 Å². The molecule has 0 fully saturated rings. The van der Waals surface area contributed by atoms with Gasteiger partial charge in [-0.2, -0.15) is 4.99 Å². The van der Waals surface area contributed by atoms with Crippen LogP contribution in [0.15, 0.2) is 77.9 Å². The van der Waals surface area contributed by atoms with Crippen molar-refractivity contribution >= 4 is 17.8 Å². The molecule has 7 nitrogen and oxygen atoms in total. The summed E-state index contributed by atoms with van der Waals surface area (Å²) in [7, 11) is 0. The lowest BCUT2D eigenvalue weighted by molar-refractivity contribution is 0.0463. The average molecular weight is 362 g/mol. The first-order valence-electron chi connectivity index (χ1n) is 8.17. The number of aromatic nitrogens is 1. The van der Waals surface area contributed by atoms with E-state index in [2.05, 4.69) is 4.99 Å². The fourth-order valence-electron chi connectivity index (χ4n) is 2.54. The molecule has 7 heteroatoms. The van der Waals surface area contributed by atoms with Crippen molar-refractivity contribution in [1.82, 2.24) is 4.57 Å². The molecule has 1 amide bonds. The normalized spacial score (nSPS) is 10.2. The summed E-state index contributed by atoms with van der Waals surface area (Å²) in [6.45, 7) is 0.174. The lowest BCUT2D eigenvalue weighted by Crippen LogP contribution is -2.24. The lowest BCUT2D eigenvalue weighted by Gasteiger charge is -2.10. The summed E-state index contributed by atoms with van der Waals surface area (Å²) >= 11 is 0. The quantitative estimate of drug-likeness (QED) is 0.411. The summed E-state index contributed by atoms with van der Waals surface area (Å²) < 4.78 is 7.02. The molecular weight excluding hydrogens is 344 g/mol. The minimum Gasteiger partial charge on any atom is -0.456 e. The van der Waals surface area contributed by atoms with Crippen LogP contribution in [0.1, 0.15) is 26.4 Å². The van der Waals surface area contributed by atoms with Crippen molar-refractivity contribution in [3.8, 4) is 5.69 Å². The Morgan fingerprint density at radius 2 is 1.74 bits per heavy atom. The van der Waals surface area contributed by atoms with E-state index < -0.39 is 11.9 Å². The molecule has 3 aromatic rings. The first-order chi connectivity index (χ1) is 13.0. The number of nitrogens with zero attached hydrogens (tertiary/aromatic N) is 2. The Bertz CT molecular complexity index is 989. The van der Waals surface area contributed by atoms with Gasteiger partial charge in [0.15, 0.2) is 5.96 Å². The topological polar surface area (TPSA) is 113 Å². The summed E-state index contributed by atoms with van der Waals surface area (Å²) in [5.41, 5.74) is 12.7. The van der Waals surface area contributed by atoms with Crippen molar-refractivity contribution in [2.24, 2.45) is 16.5 Å². The van der Waals surface area contributed by atoms with E-state index in [9.17, 15) is 9.59 Å². The molecule has 0 bridgehead atoms. The Morgan fingerprint density at radius 1 is 0.963 bits per heavy atom. The second-order valence-electron chi connectivity index (χ2n) is 5.72. The number of hydrogen-bond acceptors (Lipinski definition) is 3. The number of rotatable bonds is 5. The molecule has 4 N–H and O–H groups in total. The van der Waals surface area contributed by atoms with E-state index in [0.717, 1.165) is 5.56 Å². The van der Waals surface area contributed by atoms with Gasteiger partial charge in [0.2, 0.25) is 0 Å². The molecule has 0 saturated heterocycles. The van der Waals surface area contributed by atoms with Gasteiger partial charge in [0.25, 0.3) is 5.91 Å². The van der Waals surface area contributed by atoms with Gasteiger partial charge in [0.05, 0.1) is 0 Å². The van der Waals surface area contributed by atoms with E-state index in [1.165, 1.54) is 0 Å². The Hall–Kier alpha value is -3.87. The SMILES string of the molecule is NC(N)=NC(=O)c1cccc(-n2cccc2C(=O)OCc2ccccc2)c1. The molecule has 0 unspecified atom stereocenters. The van der Waals surface area contributed by atoms with Gasteiger partial charge < -0.3 is 20.8 Å². The van der Waals surface area contributed by atoms with Gasteiger partial charge in [-0.1, -0.05) is 36.4 Å². The third-order valence-corrected chi connectivity index (χ3v) is 3.77. The van der Waals surface area contributed by atoms with Gasteiger partial charge in [0.1, 0.15) is 12.3 Å². The number of carbonyl (C=O) groups excluding carboxylic acids is 2. The van der Waals surface area contributed by atoms with Crippen LogP contribution >= 0.6 is 0 Å². The maximum atomic E-state index is 12.5. The van der Waals surface area contributed by atoms with Crippen LogP contribution in [-0.2, 0) is 11.3 Å². The molecule has 0 aliphatic heterocycles. The molecule has 0 aliphatic rings. The largest absolute Gasteiger partial charge is 0.456 e. The van der Waals surface area contributed by atoms with Crippen molar-refractivity contribution in [2.45, 2.75) is 6.61 Å². The summed E-state index contributed by atoms with van der Waals surface area (Å²) in [6.07, 6.45) is 1.71. The number of amides is 1. The van der Waals surface area contributed by atoms with Crippen LogP contribution in [0.2, 0.25) is 0 Å². The first kappa shape index (κ1) is 17.9. The molecule has 0 saturated carbocycles. The minimum absolute atomic E-state index is 0.174.